The molecule has 2 unspecified atom stereocenters. The summed E-state index contributed by atoms with van der Waals surface area (Å²) in [4.78, 5) is 13.4. The van der Waals surface area contributed by atoms with Gasteiger partial charge in [0.15, 0.2) is 0 Å². The fourth-order valence-corrected chi connectivity index (χ4v) is 4.46. The summed E-state index contributed by atoms with van der Waals surface area (Å²) in [5, 5.41) is 8.78. The molecule has 1 saturated heterocycles. The van der Waals surface area contributed by atoms with Crippen LogP contribution in [0, 0.1) is 17.8 Å². The third-order valence-corrected chi connectivity index (χ3v) is 5.91. The first kappa shape index (κ1) is 14.4. The zero-order valence-electron chi connectivity index (χ0n) is 12.6. The highest BCUT2D eigenvalue weighted by molar-refractivity contribution is 5.66. The molecule has 2 saturated carbocycles. The first-order chi connectivity index (χ1) is 9.72. The second kappa shape index (κ2) is 6.46. The summed E-state index contributed by atoms with van der Waals surface area (Å²) >= 11 is 0. The predicted octanol–water partition coefficient (Wildman–Crippen LogP) is 3.53. The lowest BCUT2D eigenvalue weighted by atomic mass is 9.81. The first-order valence-electron chi connectivity index (χ1n) is 8.68. The van der Waals surface area contributed by atoms with Crippen LogP contribution in [0.3, 0.4) is 0 Å². The fourth-order valence-electron chi connectivity index (χ4n) is 4.46. The molecule has 0 radical (unpaired) electrons. The van der Waals surface area contributed by atoms with Gasteiger partial charge in [-0.25, -0.2) is 0 Å². The third-order valence-electron chi connectivity index (χ3n) is 5.91. The number of aliphatic carboxylic acids is 1. The molecule has 3 fully saturated rings. The summed E-state index contributed by atoms with van der Waals surface area (Å²) < 4.78 is 0. The zero-order valence-corrected chi connectivity index (χ0v) is 12.6. The molecule has 3 aliphatic rings. The van der Waals surface area contributed by atoms with Crippen LogP contribution in [-0.4, -0.2) is 35.1 Å². The molecule has 2 atom stereocenters. The lowest BCUT2D eigenvalue weighted by molar-refractivity contribution is -0.137. The third kappa shape index (κ3) is 3.75. The topological polar surface area (TPSA) is 40.5 Å². The van der Waals surface area contributed by atoms with Crippen molar-refractivity contribution in [2.45, 2.75) is 70.3 Å². The summed E-state index contributed by atoms with van der Waals surface area (Å²) in [5.74, 6) is 2.13. The summed E-state index contributed by atoms with van der Waals surface area (Å²) in [5.41, 5.74) is 0. The second-order valence-electron chi connectivity index (χ2n) is 7.33. The van der Waals surface area contributed by atoms with Crippen LogP contribution < -0.4 is 0 Å². The van der Waals surface area contributed by atoms with Crippen LogP contribution in [0.25, 0.3) is 0 Å². The molecular weight excluding hydrogens is 250 g/mol. The van der Waals surface area contributed by atoms with Gasteiger partial charge in [-0.05, 0) is 75.8 Å². The molecule has 114 valence electrons. The largest absolute Gasteiger partial charge is 0.481 e. The van der Waals surface area contributed by atoms with Crippen molar-refractivity contribution in [1.82, 2.24) is 4.90 Å². The molecule has 20 heavy (non-hydrogen) atoms. The van der Waals surface area contributed by atoms with Crippen LogP contribution in [0.15, 0.2) is 0 Å². The highest BCUT2D eigenvalue weighted by Crippen LogP contribution is 2.45. The summed E-state index contributed by atoms with van der Waals surface area (Å²) in [6.45, 7) is 2.43. The SMILES string of the molecule is O=C(O)CCC1CCN(C2CCCC(C3CC3)C2)CC1. The van der Waals surface area contributed by atoms with Crippen molar-refractivity contribution in [3.05, 3.63) is 0 Å². The molecule has 3 rings (SSSR count). The van der Waals surface area contributed by atoms with Crippen LogP contribution in [0.4, 0.5) is 0 Å². The number of carbonyl (C=O) groups is 1. The number of carboxylic acids is 1. The molecule has 2 aliphatic carbocycles. The van der Waals surface area contributed by atoms with Crippen molar-refractivity contribution in [1.29, 1.82) is 0 Å². The van der Waals surface area contributed by atoms with Crippen LogP contribution in [0.2, 0.25) is 0 Å². The number of carboxylic acid groups (broad SMARTS) is 1. The molecule has 0 bridgehead atoms. The quantitative estimate of drug-likeness (QED) is 0.837. The minimum absolute atomic E-state index is 0.359. The molecule has 0 aromatic rings. The van der Waals surface area contributed by atoms with Crippen molar-refractivity contribution in [3.63, 3.8) is 0 Å². The maximum Gasteiger partial charge on any atom is 0.303 e. The lowest BCUT2D eigenvalue weighted by Gasteiger charge is -2.41. The normalized spacial score (nSPS) is 33.2. The molecule has 0 spiro atoms. The van der Waals surface area contributed by atoms with Gasteiger partial charge >= 0.3 is 5.97 Å². The molecule has 3 heteroatoms. The minimum atomic E-state index is -0.632. The number of hydrogen-bond acceptors (Lipinski definition) is 2. The molecule has 1 heterocycles. The van der Waals surface area contributed by atoms with E-state index in [4.69, 9.17) is 5.11 Å². The van der Waals surface area contributed by atoms with Gasteiger partial charge in [-0.1, -0.05) is 12.8 Å². The van der Waals surface area contributed by atoms with E-state index in [0.717, 1.165) is 24.3 Å². The average Bonchev–Trinajstić information content (AvgIpc) is 3.30. The van der Waals surface area contributed by atoms with E-state index < -0.39 is 5.97 Å². The molecule has 0 aromatic heterocycles. The minimum Gasteiger partial charge on any atom is -0.481 e. The highest BCUT2D eigenvalue weighted by Gasteiger charge is 2.36. The van der Waals surface area contributed by atoms with Gasteiger partial charge in [-0.3, -0.25) is 4.79 Å². The highest BCUT2D eigenvalue weighted by atomic mass is 16.4. The van der Waals surface area contributed by atoms with E-state index in [2.05, 4.69) is 4.90 Å². The molecule has 1 aliphatic heterocycles. The Morgan fingerprint density at radius 2 is 1.75 bits per heavy atom. The predicted molar refractivity (Wildman–Crippen MR) is 79.6 cm³/mol. The van der Waals surface area contributed by atoms with E-state index in [1.165, 1.54) is 64.5 Å². The smallest absolute Gasteiger partial charge is 0.303 e. The van der Waals surface area contributed by atoms with Gasteiger partial charge in [0.25, 0.3) is 0 Å². The molecule has 0 aromatic carbocycles. The maximum atomic E-state index is 10.6. The van der Waals surface area contributed by atoms with Gasteiger partial charge in [0.05, 0.1) is 0 Å². The number of rotatable bonds is 5. The Bertz CT molecular complexity index is 332. The Morgan fingerprint density at radius 3 is 2.40 bits per heavy atom. The van der Waals surface area contributed by atoms with E-state index in [1.807, 2.05) is 0 Å². The lowest BCUT2D eigenvalue weighted by Crippen LogP contribution is -2.44. The number of likely N-dealkylation sites (tertiary alicyclic amines) is 1. The zero-order chi connectivity index (χ0) is 13.9. The van der Waals surface area contributed by atoms with E-state index in [-0.39, 0.29) is 0 Å². The van der Waals surface area contributed by atoms with E-state index in [1.54, 1.807) is 0 Å². The van der Waals surface area contributed by atoms with Gasteiger partial charge in [0.2, 0.25) is 0 Å². The van der Waals surface area contributed by atoms with E-state index in [9.17, 15) is 4.79 Å². The Morgan fingerprint density at radius 1 is 1.00 bits per heavy atom. The maximum absolute atomic E-state index is 10.6. The Balaban J connectivity index is 1.42. The number of nitrogens with zero attached hydrogens (tertiary/aromatic N) is 1. The molecule has 3 nitrogen and oxygen atoms in total. The molecular formula is C17H29NO2. The van der Waals surface area contributed by atoms with Crippen molar-refractivity contribution in [2.75, 3.05) is 13.1 Å². The van der Waals surface area contributed by atoms with Crippen molar-refractivity contribution >= 4 is 5.97 Å². The summed E-state index contributed by atoms with van der Waals surface area (Å²) in [6, 6.07) is 0.842. The van der Waals surface area contributed by atoms with Crippen molar-refractivity contribution in [3.8, 4) is 0 Å². The Labute approximate surface area is 122 Å². The van der Waals surface area contributed by atoms with Crippen LogP contribution in [0.5, 0.6) is 0 Å². The van der Waals surface area contributed by atoms with Gasteiger partial charge in [-0.15, -0.1) is 0 Å². The molecule has 1 N–H and O–H groups in total. The standard InChI is InChI=1S/C17H29NO2/c19-17(20)7-4-13-8-10-18(11-9-13)16-3-1-2-15(12-16)14-5-6-14/h13-16H,1-12H2,(H,19,20). The van der Waals surface area contributed by atoms with Crippen LogP contribution in [0.1, 0.15) is 64.2 Å². The Kier molecular flexibility index (Phi) is 4.65. The van der Waals surface area contributed by atoms with Gasteiger partial charge < -0.3 is 10.0 Å². The van der Waals surface area contributed by atoms with Crippen LogP contribution in [-0.2, 0) is 4.79 Å². The number of piperidine rings is 1. The van der Waals surface area contributed by atoms with Crippen molar-refractivity contribution < 1.29 is 9.90 Å². The van der Waals surface area contributed by atoms with Gasteiger partial charge in [0, 0.05) is 12.5 Å². The van der Waals surface area contributed by atoms with Crippen LogP contribution >= 0.6 is 0 Å². The summed E-state index contributed by atoms with van der Waals surface area (Å²) in [6.07, 6.45) is 12.4. The van der Waals surface area contributed by atoms with Gasteiger partial charge in [0.1, 0.15) is 0 Å². The average molecular weight is 279 g/mol. The van der Waals surface area contributed by atoms with E-state index in [0.29, 0.717) is 12.3 Å². The summed E-state index contributed by atoms with van der Waals surface area (Å²) in [7, 11) is 0. The monoisotopic (exact) mass is 279 g/mol. The first-order valence-corrected chi connectivity index (χ1v) is 8.68. The van der Waals surface area contributed by atoms with E-state index >= 15 is 0 Å². The second-order valence-corrected chi connectivity index (χ2v) is 7.33. The molecule has 0 amide bonds. The van der Waals surface area contributed by atoms with Gasteiger partial charge in [-0.2, -0.15) is 0 Å². The number of hydrogen-bond donors (Lipinski definition) is 1. The Hall–Kier alpha value is -0.570. The fraction of sp³-hybridized carbons (Fsp3) is 0.941. The van der Waals surface area contributed by atoms with Crippen molar-refractivity contribution in [2.24, 2.45) is 17.8 Å².